The Morgan fingerprint density at radius 2 is 1.40 bits per heavy atom. The first-order chi connectivity index (χ1) is 9.88. The third-order valence-corrected chi connectivity index (χ3v) is 3.64. The largest absolute Gasteiger partial charge is 0.230 e. The summed E-state index contributed by atoms with van der Waals surface area (Å²) in [4.78, 5) is 9.10. The predicted molar refractivity (Wildman–Crippen MR) is 84.7 cm³/mol. The highest BCUT2D eigenvalue weighted by Crippen LogP contribution is 2.30. The van der Waals surface area contributed by atoms with Crippen molar-refractivity contribution in [2.45, 2.75) is 5.16 Å². The third kappa shape index (κ3) is 2.58. The van der Waals surface area contributed by atoms with Crippen LogP contribution >= 0.6 is 11.8 Å². The molecule has 0 amide bonds. The van der Waals surface area contributed by atoms with E-state index in [-0.39, 0.29) is 0 Å². The van der Waals surface area contributed by atoms with Crippen LogP contribution in [0, 0.1) is 0 Å². The Labute approximate surface area is 122 Å². The van der Waals surface area contributed by atoms with Crippen molar-refractivity contribution < 1.29 is 0 Å². The summed E-state index contributed by atoms with van der Waals surface area (Å²) in [5.74, 6) is 0. The first-order valence-electron chi connectivity index (χ1n) is 6.40. The van der Waals surface area contributed by atoms with Crippen LogP contribution in [-0.2, 0) is 0 Å². The minimum absolute atomic E-state index is 0.795. The molecule has 0 unspecified atom stereocenters. The normalized spacial score (nSPS) is 10.4. The maximum absolute atomic E-state index is 4.69. The van der Waals surface area contributed by atoms with Crippen molar-refractivity contribution in [3.05, 3.63) is 66.9 Å². The van der Waals surface area contributed by atoms with Crippen LogP contribution < -0.4 is 0 Å². The minimum Gasteiger partial charge on any atom is -0.230 e. The van der Waals surface area contributed by atoms with Crippen LogP contribution in [0.15, 0.2) is 72.0 Å². The van der Waals surface area contributed by atoms with E-state index in [2.05, 4.69) is 34.2 Å². The van der Waals surface area contributed by atoms with Crippen LogP contribution in [-0.4, -0.2) is 16.2 Å². The van der Waals surface area contributed by atoms with Crippen molar-refractivity contribution in [3.63, 3.8) is 0 Å². The van der Waals surface area contributed by atoms with Crippen molar-refractivity contribution in [3.8, 4) is 22.4 Å². The fourth-order valence-corrected chi connectivity index (χ4v) is 2.45. The zero-order valence-corrected chi connectivity index (χ0v) is 12.0. The molecule has 3 rings (SSSR count). The van der Waals surface area contributed by atoms with Gasteiger partial charge in [-0.15, -0.1) is 0 Å². The summed E-state index contributed by atoms with van der Waals surface area (Å²) in [7, 11) is 0. The Morgan fingerprint density at radius 1 is 0.800 bits per heavy atom. The van der Waals surface area contributed by atoms with Gasteiger partial charge < -0.3 is 0 Å². The number of hydrogen-bond donors (Lipinski definition) is 0. The Morgan fingerprint density at radius 3 is 2.00 bits per heavy atom. The molecule has 0 fully saturated rings. The van der Waals surface area contributed by atoms with Crippen LogP contribution in [0.3, 0.4) is 0 Å². The number of aromatic nitrogens is 2. The number of rotatable bonds is 3. The van der Waals surface area contributed by atoms with Crippen LogP contribution in [0.25, 0.3) is 22.4 Å². The molecule has 0 aliphatic heterocycles. The zero-order chi connectivity index (χ0) is 13.8. The van der Waals surface area contributed by atoms with Crippen LogP contribution in [0.2, 0.25) is 0 Å². The summed E-state index contributed by atoms with van der Waals surface area (Å²) in [6.07, 6.45) is 3.91. The molecule has 0 saturated carbocycles. The molecule has 3 aromatic rings. The van der Waals surface area contributed by atoms with Gasteiger partial charge in [0.15, 0.2) is 5.16 Å². The van der Waals surface area contributed by atoms with Crippen molar-refractivity contribution in [2.75, 3.05) is 6.26 Å². The number of nitrogens with zero attached hydrogens (tertiary/aromatic N) is 2. The predicted octanol–water partition coefficient (Wildman–Crippen LogP) is 4.53. The third-order valence-electron chi connectivity index (χ3n) is 3.08. The molecule has 98 valence electrons. The van der Waals surface area contributed by atoms with E-state index in [1.54, 1.807) is 11.8 Å². The molecule has 0 spiro atoms. The van der Waals surface area contributed by atoms with Crippen molar-refractivity contribution in [2.24, 2.45) is 0 Å². The fourth-order valence-electron chi connectivity index (χ4n) is 2.11. The molecular weight excluding hydrogens is 264 g/mol. The van der Waals surface area contributed by atoms with E-state index < -0.39 is 0 Å². The molecular formula is C17H14N2S. The fraction of sp³-hybridized carbons (Fsp3) is 0.0588. The molecule has 2 aromatic carbocycles. The van der Waals surface area contributed by atoms with Crippen LogP contribution in [0.1, 0.15) is 0 Å². The summed E-state index contributed by atoms with van der Waals surface area (Å²) in [5, 5.41) is 0.795. The van der Waals surface area contributed by atoms with E-state index in [9.17, 15) is 0 Å². The summed E-state index contributed by atoms with van der Waals surface area (Å²) < 4.78 is 0. The highest BCUT2D eigenvalue weighted by atomic mass is 32.2. The molecule has 0 aliphatic carbocycles. The molecule has 0 saturated heterocycles. The van der Waals surface area contributed by atoms with Gasteiger partial charge >= 0.3 is 0 Å². The lowest BCUT2D eigenvalue weighted by Crippen LogP contribution is -1.94. The van der Waals surface area contributed by atoms with Crippen molar-refractivity contribution >= 4 is 11.8 Å². The molecule has 1 aromatic heterocycles. The number of hydrogen-bond acceptors (Lipinski definition) is 3. The zero-order valence-electron chi connectivity index (χ0n) is 11.2. The molecule has 2 nitrogen and oxygen atoms in total. The van der Waals surface area contributed by atoms with Gasteiger partial charge in [0.25, 0.3) is 0 Å². The molecule has 0 N–H and O–H groups in total. The maximum Gasteiger partial charge on any atom is 0.187 e. The van der Waals surface area contributed by atoms with Gasteiger partial charge in [0.2, 0.25) is 0 Å². The first kappa shape index (κ1) is 12.9. The maximum atomic E-state index is 4.69. The molecule has 0 aliphatic rings. The average molecular weight is 278 g/mol. The van der Waals surface area contributed by atoms with E-state index in [1.165, 1.54) is 0 Å². The van der Waals surface area contributed by atoms with E-state index in [0.717, 1.165) is 27.5 Å². The monoisotopic (exact) mass is 278 g/mol. The van der Waals surface area contributed by atoms with E-state index in [4.69, 9.17) is 0 Å². The number of thioether (sulfide) groups is 1. The second-order valence-electron chi connectivity index (χ2n) is 4.35. The topological polar surface area (TPSA) is 25.8 Å². The lowest BCUT2D eigenvalue weighted by atomic mass is 10.0. The Kier molecular flexibility index (Phi) is 3.79. The SMILES string of the molecule is CSc1ncc(-c2ccccc2)c(-c2ccccc2)n1. The van der Waals surface area contributed by atoms with E-state index in [0.29, 0.717) is 0 Å². The average Bonchev–Trinajstić information content (AvgIpc) is 2.56. The second kappa shape index (κ2) is 5.88. The summed E-state index contributed by atoms with van der Waals surface area (Å²) in [5.41, 5.74) is 4.30. The lowest BCUT2D eigenvalue weighted by Gasteiger charge is -2.10. The smallest absolute Gasteiger partial charge is 0.187 e. The second-order valence-corrected chi connectivity index (χ2v) is 5.12. The van der Waals surface area contributed by atoms with Gasteiger partial charge in [-0.2, -0.15) is 0 Å². The standard InChI is InChI=1S/C17H14N2S/c1-20-17-18-12-15(13-8-4-2-5-9-13)16(19-17)14-10-6-3-7-11-14/h2-12H,1H3. The number of benzene rings is 2. The summed E-state index contributed by atoms with van der Waals surface area (Å²) in [6.45, 7) is 0. The van der Waals surface area contributed by atoms with Gasteiger partial charge in [0, 0.05) is 17.3 Å². The van der Waals surface area contributed by atoms with Gasteiger partial charge in [-0.25, -0.2) is 9.97 Å². The van der Waals surface area contributed by atoms with Gasteiger partial charge in [0.05, 0.1) is 5.69 Å². The van der Waals surface area contributed by atoms with Crippen LogP contribution in [0.5, 0.6) is 0 Å². The van der Waals surface area contributed by atoms with Crippen LogP contribution in [0.4, 0.5) is 0 Å². The van der Waals surface area contributed by atoms with Gasteiger partial charge in [-0.1, -0.05) is 72.4 Å². The van der Waals surface area contributed by atoms with Gasteiger partial charge in [-0.05, 0) is 11.8 Å². The Bertz CT molecular complexity index is 697. The summed E-state index contributed by atoms with van der Waals surface area (Å²) in [6, 6.07) is 20.5. The highest BCUT2D eigenvalue weighted by Gasteiger charge is 2.10. The van der Waals surface area contributed by atoms with Gasteiger partial charge in [-0.3, -0.25) is 0 Å². The molecule has 1 heterocycles. The Balaban J connectivity index is 2.20. The minimum atomic E-state index is 0.795. The van der Waals surface area contributed by atoms with E-state index >= 15 is 0 Å². The molecule has 0 bridgehead atoms. The molecule has 0 atom stereocenters. The molecule has 0 radical (unpaired) electrons. The first-order valence-corrected chi connectivity index (χ1v) is 7.63. The van der Waals surface area contributed by atoms with Gasteiger partial charge in [0.1, 0.15) is 0 Å². The Hall–Kier alpha value is -2.13. The molecule has 20 heavy (non-hydrogen) atoms. The van der Waals surface area contributed by atoms with E-state index in [1.807, 2.05) is 48.9 Å². The highest BCUT2D eigenvalue weighted by molar-refractivity contribution is 7.98. The van der Waals surface area contributed by atoms with Crippen molar-refractivity contribution in [1.29, 1.82) is 0 Å². The quantitative estimate of drug-likeness (QED) is 0.520. The van der Waals surface area contributed by atoms with Crippen molar-refractivity contribution in [1.82, 2.24) is 9.97 Å². The summed E-state index contributed by atoms with van der Waals surface area (Å²) >= 11 is 1.56. The molecule has 3 heteroatoms. The lowest BCUT2D eigenvalue weighted by molar-refractivity contribution is 0.979.